The summed E-state index contributed by atoms with van der Waals surface area (Å²) in [5.41, 5.74) is -2.53. The number of carbonyl (C=O) groups excluding carboxylic acids is 1. The Morgan fingerprint density at radius 2 is 1.60 bits per heavy atom. The second kappa shape index (κ2) is 11.2. The van der Waals surface area contributed by atoms with Crippen LogP contribution in [0.3, 0.4) is 0 Å². The van der Waals surface area contributed by atoms with E-state index in [-0.39, 0.29) is 11.8 Å². The van der Waals surface area contributed by atoms with Gasteiger partial charge in [-0.25, -0.2) is 19.7 Å². The van der Waals surface area contributed by atoms with Crippen LogP contribution in [0.2, 0.25) is 0 Å². The minimum atomic E-state index is -5.14. The first-order valence-electron chi connectivity index (χ1n) is 12.1. The number of benzene rings is 1. The molecule has 214 valence electrons. The number of urea groups is 1. The lowest BCUT2D eigenvalue weighted by Gasteiger charge is -2.33. The minimum absolute atomic E-state index is 0.119. The normalized spacial score (nSPS) is 14.7. The molecule has 1 aliphatic heterocycles. The van der Waals surface area contributed by atoms with E-state index in [4.69, 9.17) is 0 Å². The molecule has 2 amide bonds. The highest BCUT2D eigenvalue weighted by Crippen LogP contribution is 2.36. The van der Waals surface area contributed by atoms with E-state index in [1.807, 2.05) is 11.4 Å². The molecule has 15 heteroatoms. The van der Waals surface area contributed by atoms with Gasteiger partial charge in [-0.3, -0.25) is 5.32 Å². The van der Waals surface area contributed by atoms with Crippen molar-refractivity contribution in [3.8, 4) is 0 Å². The van der Waals surface area contributed by atoms with Gasteiger partial charge in [-0.15, -0.1) is 0 Å². The van der Waals surface area contributed by atoms with Gasteiger partial charge >= 0.3 is 18.4 Å². The summed E-state index contributed by atoms with van der Waals surface area (Å²) in [6, 6.07) is 7.45. The fourth-order valence-corrected chi connectivity index (χ4v) is 4.01. The standard InChI is InChI=1S/C25H26F6N8O/c1-15-32-21(14-22(33-15)39-9-7-37(2)8-10-39)38(3)18-6-4-5-17(13-18)34-23(40)36-20-12-16(24(26,27)28)11-19(35-20)25(29,30)31/h4-6,11-14H,7-10H2,1-3H3,(H2,34,35,36,40). The number of alkyl halides is 6. The monoisotopic (exact) mass is 568 g/mol. The van der Waals surface area contributed by atoms with Gasteiger partial charge in [0.05, 0.1) is 5.56 Å². The summed E-state index contributed by atoms with van der Waals surface area (Å²) in [7, 11) is 3.82. The molecule has 3 heterocycles. The number of nitrogens with one attached hydrogen (secondary N) is 2. The number of nitrogens with zero attached hydrogens (tertiary/aromatic N) is 6. The van der Waals surface area contributed by atoms with Gasteiger partial charge < -0.3 is 20.0 Å². The number of aryl methyl sites for hydroxylation is 1. The second-order valence-corrected chi connectivity index (χ2v) is 9.23. The smallest absolute Gasteiger partial charge is 0.354 e. The number of piperazine rings is 1. The van der Waals surface area contributed by atoms with Crippen molar-refractivity contribution in [2.75, 3.05) is 60.7 Å². The quantitative estimate of drug-likeness (QED) is 0.400. The number of likely N-dealkylation sites (N-methyl/N-ethyl adjacent to an activating group) is 1. The highest BCUT2D eigenvalue weighted by molar-refractivity contribution is 5.99. The van der Waals surface area contributed by atoms with Gasteiger partial charge in [0, 0.05) is 50.7 Å². The summed E-state index contributed by atoms with van der Waals surface area (Å²) in [6.45, 7) is 5.21. The third-order valence-corrected chi connectivity index (χ3v) is 6.16. The van der Waals surface area contributed by atoms with E-state index in [0.29, 0.717) is 23.4 Å². The number of pyridine rings is 1. The van der Waals surface area contributed by atoms with Crippen LogP contribution in [0.5, 0.6) is 0 Å². The van der Waals surface area contributed by atoms with E-state index in [1.165, 1.54) is 6.07 Å². The van der Waals surface area contributed by atoms with Crippen molar-refractivity contribution in [1.82, 2.24) is 19.9 Å². The van der Waals surface area contributed by atoms with Crippen LogP contribution in [0, 0.1) is 6.92 Å². The van der Waals surface area contributed by atoms with E-state index < -0.39 is 35.5 Å². The van der Waals surface area contributed by atoms with Crippen molar-refractivity contribution in [2.24, 2.45) is 0 Å². The molecule has 0 unspecified atom stereocenters. The van der Waals surface area contributed by atoms with E-state index in [2.05, 4.69) is 37.1 Å². The molecule has 1 saturated heterocycles. The van der Waals surface area contributed by atoms with Gasteiger partial charge in [0.2, 0.25) is 0 Å². The van der Waals surface area contributed by atoms with Crippen LogP contribution >= 0.6 is 0 Å². The molecule has 9 nitrogen and oxygen atoms in total. The maximum atomic E-state index is 13.1. The summed E-state index contributed by atoms with van der Waals surface area (Å²) < 4.78 is 78.6. The predicted octanol–water partition coefficient (Wildman–Crippen LogP) is 5.38. The average Bonchev–Trinajstić information content (AvgIpc) is 2.87. The maximum Gasteiger partial charge on any atom is 0.433 e. The lowest BCUT2D eigenvalue weighted by molar-refractivity contribution is -0.145. The minimum Gasteiger partial charge on any atom is -0.354 e. The molecule has 2 N–H and O–H groups in total. The lowest BCUT2D eigenvalue weighted by atomic mass is 10.2. The largest absolute Gasteiger partial charge is 0.433 e. The van der Waals surface area contributed by atoms with E-state index in [9.17, 15) is 31.1 Å². The number of amides is 2. The van der Waals surface area contributed by atoms with Crippen molar-refractivity contribution in [2.45, 2.75) is 19.3 Å². The molecule has 1 fully saturated rings. The molecule has 3 aromatic rings. The molecule has 40 heavy (non-hydrogen) atoms. The predicted molar refractivity (Wildman–Crippen MR) is 138 cm³/mol. The molecule has 0 aliphatic carbocycles. The van der Waals surface area contributed by atoms with Gasteiger partial charge in [0.15, 0.2) is 0 Å². The van der Waals surface area contributed by atoms with Gasteiger partial charge in [0.1, 0.15) is 29.0 Å². The second-order valence-electron chi connectivity index (χ2n) is 9.23. The SMILES string of the molecule is Cc1nc(N2CCN(C)CC2)cc(N(C)c2cccc(NC(=O)Nc3cc(C(F)(F)F)cc(C(F)(F)F)n3)c2)n1. The molecule has 0 bridgehead atoms. The third kappa shape index (κ3) is 7.08. The van der Waals surface area contributed by atoms with Crippen molar-refractivity contribution < 1.29 is 31.1 Å². The fraction of sp³-hybridized carbons (Fsp3) is 0.360. The van der Waals surface area contributed by atoms with Crippen LogP contribution in [-0.2, 0) is 12.4 Å². The Morgan fingerprint density at radius 1 is 0.900 bits per heavy atom. The number of halogens is 6. The van der Waals surface area contributed by atoms with Gasteiger partial charge in [-0.1, -0.05) is 6.07 Å². The molecule has 0 spiro atoms. The van der Waals surface area contributed by atoms with Crippen molar-refractivity contribution >= 4 is 34.9 Å². The van der Waals surface area contributed by atoms with Gasteiger partial charge in [-0.2, -0.15) is 26.3 Å². The number of rotatable bonds is 5. The van der Waals surface area contributed by atoms with E-state index in [1.54, 1.807) is 37.1 Å². The molecular formula is C25H26F6N8O. The fourth-order valence-electron chi connectivity index (χ4n) is 4.01. The molecule has 4 rings (SSSR count). The first-order valence-corrected chi connectivity index (χ1v) is 12.1. The van der Waals surface area contributed by atoms with E-state index >= 15 is 0 Å². The summed E-state index contributed by atoms with van der Waals surface area (Å²) in [4.78, 5) is 30.8. The summed E-state index contributed by atoms with van der Waals surface area (Å²) in [6.07, 6.45) is -10.2. The average molecular weight is 569 g/mol. The van der Waals surface area contributed by atoms with E-state index in [0.717, 1.165) is 32.0 Å². The molecular weight excluding hydrogens is 542 g/mol. The Bertz CT molecular complexity index is 1340. The third-order valence-electron chi connectivity index (χ3n) is 6.16. The number of hydrogen-bond acceptors (Lipinski definition) is 7. The lowest BCUT2D eigenvalue weighted by Crippen LogP contribution is -2.45. The van der Waals surface area contributed by atoms with Gasteiger partial charge in [-0.05, 0) is 44.3 Å². The number of aromatic nitrogens is 3. The van der Waals surface area contributed by atoms with Crippen LogP contribution in [0.1, 0.15) is 17.1 Å². The van der Waals surface area contributed by atoms with Gasteiger partial charge in [0.25, 0.3) is 0 Å². The zero-order chi connectivity index (χ0) is 29.2. The Kier molecular flexibility index (Phi) is 8.05. The number of anilines is 5. The first-order chi connectivity index (χ1) is 18.7. The van der Waals surface area contributed by atoms with Crippen LogP contribution in [0.25, 0.3) is 0 Å². The maximum absolute atomic E-state index is 13.1. The van der Waals surface area contributed by atoms with Crippen molar-refractivity contribution in [3.63, 3.8) is 0 Å². The molecule has 0 radical (unpaired) electrons. The molecule has 0 saturated carbocycles. The highest BCUT2D eigenvalue weighted by atomic mass is 19.4. The van der Waals surface area contributed by atoms with Crippen molar-refractivity contribution in [1.29, 1.82) is 0 Å². The zero-order valence-corrected chi connectivity index (χ0v) is 21.7. The molecule has 0 atom stereocenters. The topological polar surface area (TPSA) is 89.5 Å². The summed E-state index contributed by atoms with van der Waals surface area (Å²) >= 11 is 0. The van der Waals surface area contributed by atoms with Crippen molar-refractivity contribution in [3.05, 3.63) is 59.5 Å². The van der Waals surface area contributed by atoms with Crippen LogP contribution in [-0.4, -0.2) is 66.2 Å². The number of carbonyl (C=O) groups is 1. The van der Waals surface area contributed by atoms with Crippen LogP contribution < -0.4 is 20.4 Å². The van der Waals surface area contributed by atoms with Crippen LogP contribution in [0.15, 0.2) is 42.5 Å². The highest BCUT2D eigenvalue weighted by Gasteiger charge is 2.38. The molecule has 1 aliphatic rings. The first kappa shape index (κ1) is 28.9. The van der Waals surface area contributed by atoms with Crippen LogP contribution in [0.4, 0.5) is 60.0 Å². The Balaban J connectivity index is 1.51. The number of hydrogen-bond donors (Lipinski definition) is 2. The summed E-state index contributed by atoms with van der Waals surface area (Å²) in [5.74, 6) is 1.04. The summed E-state index contributed by atoms with van der Waals surface area (Å²) in [5, 5.41) is 4.35. The zero-order valence-electron chi connectivity index (χ0n) is 21.7. The Hall–Kier alpha value is -4.14. The Morgan fingerprint density at radius 3 is 2.25 bits per heavy atom. The molecule has 1 aromatic carbocycles. The molecule has 2 aromatic heterocycles. The Labute approximate surface area is 225 Å².